The Kier molecular flexibility index (Phi) is 12.3. The van der Waals surface area contributed by atoms with Crippen LogP contribution in [0.5, 0.6) is 5.75 Å². The molecule has 1 saturated carbocycles. The summed E-state index contributed by atoms with van der Waals surface area (Å²) in [5, 5.41) is 16.8. The zero-order chi connectivity index (χ0) is 31.1. The topological polar surface area (TPSA) is 111 Å². The van der Waals surface area contributed by atoms with Gasteiger partial charge in [-0.3, -0.25) is 19.3 Å². The molecule has 1 spiro atoms. The first kappa shape index (κ1) is 34.7. The van der Waals surface area contributed by atoms with E-state index in [1.54, 1.807) is 19.2 Å². The van der Waals surface area contributed by atoms with Gasteiger partial charge in [-0.1, -0.05) is 56.9 Å². The highest BCUT2D eigenvalue weighted by Crippen LogP contribution is 2.36. The van der Waals surface area contributed by atoms with Crippen molar-refractivity contribution in [3.8, 4) is 5.75 Å². The van der Waals surface area contributed by atoms with Gasteiger partial charge in [0.05, 0.1) is 6.10 Å². The molecule has 0 aromatic heterocycles. The molecule has 3 aliphatic rings. The number of piperidine rings is 1. The monoisotopic (exact) mass is 640 g/mol. The lowest BCUT2D eigenvalue weighted by Gasteiger charge is -2.52. The second-order valence-corrected chi connectivity index (χ2v) is 12.7. The van der Waals surface area contributed by atoms with Gasteiger partial charge in [-0.2, -0.15) is 0 Å². The van der Waals surface area contributed by atoms with Crippen LogP contribution in [0.25, 0.3) is 0 Å². The number of benzene rings is 2. The lowest BCUT2D eigenvalue weighted by atomic mass is 9.78. The van der Waals surface area contributed by atoms with Crippen LogP contribution in [0.4, 0.5) is 0 Å². The van der Waals surface area contributed by atoms with Gasteiger partial charge in [0, 0.05) is 38.8 Å². The Hall–Kier alpha value is -3.14. The Balaban J connectivity index is 0.00000461. The highest BCUT2D eigenvalue weighted by Gasteiger charge is 2.55. The largest absolute Gasteiger partial charge is 0.489 e. The van der Waals surface area contributed by atoms with E-state index in [0.717, 1.165) is 61.9 Å². The van der Waals surface area contributed by atoms with E-state index in [0.29, 0.717) is 44.6 Å². The minimum atomic E-state index is -0.857. The molecule has 246 valence electrons. The molecule has 2 saturated heterocycles. The second kappa shape index (κ2) is 15.9. The Morgan fingerprint density at radius 2 is 1.78 bits per heavy atom. The van der Waals surface area contributed by atoms with Gasteiger partial charge in [0.2, 0.25) is 11.8 Å². The number of carbonyl (C=O) groups is 3. The van der Waals surface area contributed by atoms with Crippen LogP contribution in [-0.2, 0) is 22.7 Å². The molecule has 1 aliphatic carbocycles. The third-order valence-corrected chi connectivity index (χ3v) is 9.80. The predicted molar refractivity (Wildman–Crippen MR) is 176 cm³/mol. The minimum Gasteiger partial charge on any atom is -0.489 e. The molecule has 45 heavy (non-hydrogen) atoms. The summed E-state index contributed by atoms with van der Waals surface area (Å²) in [5.41, 5.74) is 1.85. The maximum absolute atomic E-state index is 13.9. The average molecular weight is 641 g/mol. The van der Waals surface area contributed by atoms with Crippen molar-refractivity contribution >= 4 is 30.1 Å². The zero-order valence-electron chi connectivity index (χ0n) is 26.6. The van der Waals surface area contributed by atoms with Crippen LogP contribution < -0.4 is 15.4 Å². The highest BCUT2D eigenvalue weighted by atomic mass is 35.5. The molecular formula is C35H49ClN4O5. The molecule has 0 radical (unpaired) electrons. The van der Waals surface area contributed by atoms with Crippen LogP contribution in [0.1, 0.15) is 86.2 Å². The third kappa shape index (κ3) is 7.99. The molecule has 10 heteroatoms. The molecule has 2 aromatic rings. The normalized spacial score (nSPS) is 21.1. The lowest BCUT2D eigenvalue weighted by molar-refractivity contribution is -0.166. The van der Waals surface area contributed by atoms with Gasteiger partial charge >= 0.3 is 0 Å². The van der Waals surface area contributed by atoms with Crippen LogP contribution in [-0.4, -0.2) is 77.0 Å². The fourth-order valence-electron chi connectivity index (χ4n) is 7.09. The fourth-order valence-corrected chi connectivity index (χ4v) is 7.09. The van der Waals surface area contributed by atoms with Gasteiger partial charge in [-0.05, 0) is 73.4 Å². The molecule has 2 heterocycles. The van der Waals surface area contributed by atoms with E-state index in [4.69, 9.17) is 4.74 Å². The smallest absolute Gasteiger partial charge is 0.251 e. The van der Waals surface area contributed by atoms with Gasteiger partial charge < -0.3 is 25.4 Å². The fraction of sp³-hybridized carbons (Fsp3) is 0.571. The SMILES string of the molecule is CCCCN1C(=O)[C@@H]([C@H](O)C2CCCCC2)NC(=O)C12CCN(Cc1cccc(OCc3ccc(C(=O)NC)cc3)c1)CC2.Cl. The van der Waals surface area contributed by atoms with Gasteiger partial charge in [-0.15, -0.1) is 12.4 Å². The highest BCUT2D eigenvalue weighted by molar-refractivity contribution is 6.00. The van der Waals surface area contributed by atoms with Gasteiger partial charge in [0.25, 0.3) is 5.91 Å². The number of amides is 3. The number of hydrogen-bond donors (Lipinski definition) is 3. The predicted octanol–water partition coefficient (Wildman–Crippen LogP) is 4.45. The van der Waals surface area contributed by atoms with Crippen molar-refractivity contribution in [1.29, 1.82) is 0 Å². The van der Waals surface area contributed by atoms with Crippen molar-refractivity contribution in [3.63, 3.8) is 0 Å². The Morgan fingerprint density at radius 3 is 2.44 bits per heavy atom. The average Bonchev–Trinajstić information content (AvgIpc) is 3.06. The van der Waals surface area contributed by atoms with Gasteiger partial charge in [0.15, 0.2) is 0 Å². The van der Waals surface area contributed by atoms with Crippen LogP contribution in [0.15, 0.2) is 48.5 Å². The molecule has 2 aliphatic heterocycles. The van der Waals surface area contributed by atoms with Gasteiger partial charge in [-0.25, -0.2) is 0 Å². The molecule has 2 aromatic carbocycles. The van der Waals surface area contributed by atoms with Gasteiger partial charge in [0.1, 0.15) is 23.9 Å². The number of aliphatic hydroxyl groups excluding tert-OH is 1. The van der Waals surface area contributed by atoms with Crippen molar-refractivity contribution in [1.82, 2.24) is 20.4 Å². The first-order valence-corrected chi connectivity index (χ1v) is 16.4. The molecule has 3 fully saturated rings. The van der Waals surface area contributed by atoms with E-state index in [9.17, 15) is 19.5 Å². The zero-order valence-corrected chi connectivity index (χ0v) is 27.4. The molecule has 0 bridgehead atoms. The number of carbonyl (C=O) groups excluding carboxylic acids is 3. The summed E-state index contributed by atoms with van der Waals surface area (Å²) in [6.45, 7) is 5.16. The summed E-state index contributed by atoms with van der Waals surface area (Å²) >= 11 is 0. The third-order valence-electron chi connectivity index (χ3n) is 9.80. The maximum Gasteiger partial charge on any atom is 0.251 e. The number of aliphatic hydroxyl groups is 1. The molecular weight excluding hydrogens is 592 g/mol. The minimum absolute atomic E-state index is 0. The Labute approximate surface area is 273 Å². The molecule has 0 unspecified atom stereocenters. The summed E-state index contributed by atoms with van der Waals surface area (Å²) < 4.78 is 6.05. The number of hydrogen-bond acceptors (Lipinski definition) is 6. The van der Waals surface area contributed by atoms with Crippen molar-refractivity contribution < 1.29 is 24.2 Å². The van der Waals surface area contributed by atoms with Crippen molar-refractivity contribution in [2.75, 3.05) is 26.7 Å². The summed E-state index contributed by atoms with van der Waals surface area (Å²) in [4.78, 5) is 43.6. The van der Waals surface area contributed by atoms with E-state index in [1.807, 2.05) is 35.2 Å². The summed E-state index contributed by atoms with van der Waals surface area (Å²) in [6.07, 6.45) is 7.21. The number of rotatable bonds is 11. The summed E-state index contributed by atoms with van der Waals surface area (Å²) in [5.74, 6) is 0.508. The second-order valence-electron chi connectivity index (χ2n) is 12.7. The van der Waals surface area contributed by atoms with E-state index < -0.39 is 17.7 Å². The lowest BCUT2D eigenvalue weighted by Crippen LogP contribution is -2.75. The van der Waals surface area contributed by atoms with Crippen LogP contribution >= 0.6 is 12.4 Å². The number of piperazine rings is 1. The molecule has 3 N–H and O–H groups in total. The number of likely N-dealkylation sites (tertiary alicyclic amines) is 1. The van der Waals surface area contributed by atoms with E-state index in [-0.39, 0.29) is 36.0 Å². The quantitative estimate of drug-likeness (QED) is 0.335. The molecule has 5 rings (SSSR count). The summed E-state index contributed by atoms with van der Waals surface area (Å²) in [6, 6.07) is 14.6. The van der Waals surface area contributed by atoms with E-state index >= 15 is 0 Å². The van der Waals surface area contributed by atoms with Crippen LogP contribution in [0.2, 0.25) is 0 Å². The number of ether oxygens (including phenoxy) is 1. The molecule has 2 atom stereocenters. The summed E-state index contributed by atoms with van der Waals surface area (Å²) in [7, 11) is 1.61. The van der Waals surface area contributed by atoms with Crippen molar-refractivity contribution in [2.45, 2.75) is 95.5 Å². The van der Waals surface area contributed by atoms with Crippen LogP contribution in [0.3, 0.4) is 0 Å². The Bertz CT molecular complexity index is 1290. The number of nitrogens with one attached hydrogen (secondary N) is 2. The van der Waals surface area contributed by atoms with E-state index in [2.05, 4.69) is 28.5 Å². The standard InChI is InChI=1S/C35H48N4O5.ClH/c1-3-4-19-39-33(42)30(31(40)27-10-6-5-7-11-27)37-34(43)35(39)17-20-38(21-18-35)23-26-9-8-12-29(22-26)44-24-25-13-15-28(16-14-25)32(41)36-2;/h8-9,12-16,22,27,30-31,40H,3-7,10-11,17-21,23-24H2,1-2H3,(H,36,41)(H,37,43);1H/t30-,31-;/m1./s1. The first-order chi connectivity index (χ1) is 21.3. The van der Waals surface area contributed by atoms with Crippen molar-refractivity contribution in [3.05, 3.63) is 65.2 Å². The van der Waals surface area contributed by atoms with E-state index in [1.165, 1.54) is 6.42 Å². The maximum atomic E-state index is 13.9. The first-order valence-electron chi connectivity index (χ1n) is 16.4. The number of nitrogens with zero attached hydrogens (tertiary/aromatic N) is 2. The molecule has 9 nitrogen and oxygen atoms in total. The van der Waals surface area contributed by atoms with Crippen molar-refractivity contribution in [2.24, 2.45) is 5.92 Å². The number of unbranched alkanes of at least 4 members (excludes halogenated alkanes) is 1. The number of halogens is 1. The van der Waals surface area contributed by atoms with Crippen LogP contribution in [0, 0.1) is 5.92 Å². The Morgan fingerprint density at radius 1 is 1.07 bits per heavy atom. The molecule has 3 amide bonds.